The zero-order valence-corrected chi connectivity index (χ0v) is 21.6. The molecule has 2 aromatic heterocycles. The maximum atomic E-state index is 13.4. The van der Waals surface area contributed by atoms with Crippen LogP contribution in [0, 0.1) is 0 Å². The van der Waals surface area contributed by atoms with Crippen LogP contribution in [0.3, 0.4) is 0 Å². The molecule has 2 amide bonds. The molecule has 0 spiro atoms. The number of thiophene rings is 2. The second-order valence-electron chi connectivity index (χ2n) is 7.99. The largest absolute Gasteiger partial charge is 0.465 e. The number of sulfonamides is 1. The van der Waals surface area contributed by atoms with Crippen LogP contribution in [0.4, 0.5) is 4.79 Å². The molecule has 0 aliphatic rings. The molecule has 0 bridgehead atoms. The standard InChI is InChI=1S/C24H29N3O5S3/c28-23(27(16-20-10-6-14-33-20)17-21-11-7-15-34-21)22(26-24(29)30)12-4-5-13-25-35(31,32)18-19-8-2-1-3-9-19/h1-3,6-11,14-15,22,25-26H,4-5,12-13,16-18H2,(H,29,30)/t22-/m0/s1. The van der Waals surface area contributed by atoms with Crippen molar-refractivity contribution in [3.05, 3.63) is 80.7 Å². The highest BCUT2D eigenvalue weighted by molar-refractivity contribution is 7.88. The third-order valence-electron chi connectivity index (χ3n) is 5.20. The van der Waals surface area contributed by atoms with E-state index in [4.69, 9.17) is 0 Å². The van der Waals surface area contributed by atoms with Crippen LogP contribution >= 0.6 is 22.7 Å². The molecular weight excluding hydrogens is 506 g/mol. The van der Waals surface area contributed by atoms with Crippen LogP contribution in [0.5, 0.6) is 0 Å². The van der Waals surface area contributed by atoms with Crippen LogP contribution in [-0.2, 0) is 33.7 Å². The normalized spacial score (nSPS) is 12.2. The maximum Gasteiger partial charge on any atom is 0.405 e. The third kappa shape index (κ3) is 9.44. The molecule has 1 atom stereocenters. The van der Waals surface area contributed by atoms with Gasteiger partial charge >= 0.3 is 6.09 Å². The topological polar surface area (TPSA) is 116 Å². The summed E-state index contributed by atoms with van der Waals surface area (Å²) in [4.78, 5) is 28.4. The highest BCUT2D eigenvalue weighted by Crippen LogP contribution is 2.19. The zero-order valence-electron chi connectivity index (χ0n) is 19.1. The van der Waals surface area contributed by atoms with E-state index in [0.717, 1.165) is 9.75 Å². The number of rotatable bonds is 14. The van der Waals surface area contributed by atoms with E-state index in [0.29, 0.717) is 31.5 Å². The molecule has 8 nitrogen and oxygen atoms in total. The van der Waals surface area contributed by atoms with Gasteiger partial charge in [-0.1, -0.05) is 42.5 Å². The molecule has 0 radical (unpaired) electrons. The van der Waals surface area contributed by atoms with Crippen molar-refractivity contribution in [3.63, 3.8) is 0 Å². The predicted octanol–water partition coefficient (Wildman–Crippen LogP) is 4.26. The molecule has 0 saturated carbocycles. The minimum atomic E-state index is -3.47. The van der Waals surface area contributed by atoms with Gasteiger partial charge in [-0.15, -0.1) is 22.7 Å². The first-order valence-corrected chi connectivity index (χ1v) is 14.6. The minimum Gasteiger partial charge on any atom is -0.465 e. The average molecular weight is 536 g/mol. The number of carboxylic acid groups (broad SMARTS) is 1. The summed E-state index contributed by atoms with van der Waals surface area (Å²) in [5.41, 5.74) is 0.702. The van der Waals surface area contributed by atoms with Crippen molar-refractivity contribution in [1.29, 1.82) is 0 Å². The minimum absolute atomic E-state index is 0.101. The van der Waals surface area contributed by atoms with Crippen molar-refractivity contribution < 1.29 is 23.1 Å². The summed E-state index contributed by atoms with van der Waals surface area (Å²) in [5.74, 6) is -0.394. The number of amides is 2. The van der Waals surface area contributed by atoms with Crippen LogP contribution in [0.15, 0.2) is 65.4 Å². The van der Waals surface area contributed by atoms with Crippen LogP contribution < -0.4 is 10.0 Å². The van der Waals surface area contributed by atoms with Gasteiger partial charge in [0, 0.05) is 16.3 Å². The van der Waals surface area contributed by atoms with Crippen molar-refractivity contribution in [2.45, 2.75) is 44.1 Å². The van der Waals surface area contributed by atoms with Gasteiger partial charge in [0.05, 0.1) is 18.8 Å². The van der Waals surface area contributed by atoms with E-state index in [1.54, 1.807) is 51.8 Å². The molecule has 0 unspecified atom stereocenters. The second-order valence-corrected chi connectivity index (χ2v) is 11.9. The van der Waals surface area contributed by atoms with Gasteiger partial charge in [0.1, 0.15) is 6.04 Å². The quantitative estimate of drug-likeness (QED) is 0.267. The first-order chi connectivity index (χ1) is 16.8. The lowest BCUT2D eigenvalue weighted by atomic mass is 10.1. The van der Waals surface area contributed by atoms with E-state index in [1.165, 1.54) is 0 Å². The molecule has 0 aliphatic heterocycles. The molecule has 3 aromatic rings. The highest BCUT2D eigenvalue weighted by atomic mass is 32.2. The van der Waals surface area contributed by atoms with E-state index in [-0.39, 0.29) is 24.6 Å². The monoisotopic (exact) mass is 535 g/mol. The highest BCUT2D eigenvalue weighted by Gasteiger charge is 2.26. The summed E-state index contributed by atoms with van der Waals surface area (Å²) in [5, 5.41) is 15.5. The number of carbonyl (C=O) groups excluding carboxylic acids is 1. The molecule has 1 aromatic carbocycles. The van der Waals surface area contributed by atoms with Gasteiger partial charge in [0.25, 0.3) is 0 Å². The number of carbonyl (C=O) groups is 2. The van der Waals surface area contributed by atoms with Crippen molar-refractivity contribution >= 4 is 44.7 Å². The third-order valence-corrected chi connectivity index (χ3v) is 8.28. The van der Waals surface area contributed by atoms with Crippen molar-refractivity contribution in [1.82, 2.24) is 14.9 Å². The van der Waals surface area contributed by atoms with Crippen molar-refractivity contribution in [3.8, 4) is 0 Å². The van der Waals surface area contributed by atoms with Crippen molar-refractivity contribution in [2.75, 3.05) is 6.54 Å². The van der Waals surface area contributed by atoms with Gasteiger partial charge in [-0.2, -0.15) is 0 Å². The lowest BCUT2D eigenvalue weighted by Crippen LogP contribution is -2.47. The van der Waals surface area contributed by atoms with Gasteiger partial charge < -0.3 is 15.3 Å². The Kier molecular flexibility index (Phi) is 10.3. The fraction of sp³-hybridized carbons (Fsp3) is 0.333. The molecular formula is C24H29N3O5S3. The Bertz CT molecular complexity index is 1110. The van der Waals surface area contributed by atoms with E-state index in [2.05, 4.69) is 10.0 Å². The van der Waals surface area contributed by atoms with Crippen LogP contribution in [0.1, 0.15) is 34.6 Å². The summed E-state index contributed by atoms with van der Waals surface area (Å²) in [7, 11) is -3.47. The number of benzene rings is 1. The Labute approximate surface area is 213 Å². The van der Waals surface area contributed by atoms with Gasteiger partial charge in [0.2, 0.25) is 15.9 Å². The molecule has 0 fully saturated rings. The maximum absolute atomic E-state index is 13.4. The molecule has 3 rings (SSSR count). The Hall–Kier alpha value is -2.73. The lowest BCUT2D eigenvalue weighted by molar-refractivity contribution is -0.134. The van der Waals surface area contributed by atoms with Crippen LogP contribution in [0.2, 0.25) is 0 Å². The summed E-state index contributed by atoms with van der Waals surface area (Å²) in [6.45, 7) is 1.01. The zero-order chi connectivity index (χ0) is 25.1. The van der Waals surface area contributed by atoms with Gasteiger partial charge in [-0.05, 0) is 47.7 Å². The first-order valence-electron chi connectivity index (χ1n) is 11.2. The van der Waals surface area contributed by atoms with Crippen molar-refractivity contribution in [2.24, 2.45) is 0 Å². The number of hydrogen-bond acceptors (Lipinski definition) is 6. The lowest BCUT2D eigenvalue weighted by Gasteiger charge is -2.27. The first kappa shape index (κ1) is 26.9. The SMILES string of the molecule is O=C(O)N[C@@H](CCCCNS(=O)(=O)Cc1ccccc1)C(=O)N(Cc1cccs1)Cc1cccs1. The second kappa shape index (κ2) is 13.4. The van der Waals surface area contributed by atoms with E-state index < -0.39 is 22.2 Å². The summed E-state index contributed by atoms with van der Waals surface area (Å²) >= 11 is 3.08. The number of unbranched alkanes of at least 4 members (excludes halogenated alkanes) is 1. The van der Waals surface area contributed by atoms with Crippen LogP contribution in [-0.4, -0.2) is 43.0 Å². The van der Waals surface area contributed by atoms with E-state index in [9.17, 15) is 23.1 Å². The molecule has 35 heavy (non-hydrogen) atoms. The molecule has 11 heteroatoms. The Morgan fingerprint density at radius 1 is 0.914 bits per heavy atom. The van der Waals surface area contributed by atoms with Gasteiger partial charge in [-0.25, -0.2) is 17.9 Å². The number of hydrogen-bond donors (Lipinski definition) is 3. The molecule has 0 aliphatic carbocycles. The molecule has 0 saturated heterocycles. The van der Waals surface area contributed by atoms with E-state index in [1.807, 2.05) is 41.1 Å². The molecule has 188 valence electrons. The summed E-state index contributed by atoms with van der Waals surface area (Å²) < 4.78 is 27.1. The smallest absolute Gasteiger partial charge is 0.405 e. The van der Waals surface area contributed by atoms with Crippen LogP contribution in [0.25, 0.3) is 0 Å². The van der Waals surface area contributed by atoms with Gasteiger partial charge in [0.15, 0.2) is 0 Å². The fourth-order valence-electron chi connectivity index (χ4n) is 3.57. The number of nitrogens with one attached hydrogen (secondary N) is 2. The average Bonchev–Trinajstić information content (AvgIpc) is 3.52. The fourth-order valence-corrected chi connectivity index (χ4v) is 6.19. The van der Waals surface area contributed by atoms with E-state index >= 15 is 0 Å². The summed E-state index contributed by atoms with van der Waals surface area (Å²) in [6, 6.07) is 15.7. The summed E-state index contributed by atoms with van der Waals surface area (Å²) in [6.07, 6.45) is -0.0264. The van der Waals surface area contributed by atoms with Gasteiger partial charge in [-0.3, -0.25) is 4.79 Å². The Balaban J connectivity index is 1.55. The predicted molar refractivity (Wildman–Crippen MR) is 139 cm³/mol. The number of nitrogens with zero attached hydrogens (tertiary/aromatic N) is 1. The molecule has 3 N–H and O–H groups in total. The Morgan fingerprint density at radius 3 is 2.09 bits per heavy atom. The Morgan fingerprint density at radius 2 is 1.54 bits per heavy atom. The molecule has 2 heterocycles.